The van der Waals surface area contributed by atoms with Crippen molar-refractivity contribution in [2.24, 2.45) is 0 Å². The van der Waals surface area contributed by atoms with Crippen LogP contribution in [0.15, 0.2) is 47.8 Å². The average molecular weight is 385 g/mol. The molecule has 6 heteroatoms. The number of rotatable bonds is 4. The van der Waals surface area contributed by atoms with Crippen LogP contribution in [-0.2, 0) is 16.1 Å². The summed E-state index contributed by atoms with van der Waals surface area (Å²) < 4.78 is 6.15. The smallest absolute Gasteiger partial charge is 0.266 e. The number of nitrogens with one attached hydrogen (secondary N) is 1. The van der Waals surface area contributed by atoms with Crippen LogP contribution in [0, 0.1) is 0 Å². The van der Waals surface area contributed by atoms with E-state index in [0.29, 0.717) is 11.4 Å². The highest BCUT2D eigenvalue weighted by atomic mass is 32.1. The molecule has 1 unspecified atom stereocenters. The van der Waals surface area contributed by atoms with E-state index in [-0.39, 0.29) is 18.4 Å². The number of amides is 2. The molecule has 0 bridgehead atoms. The quantitative estimate of drug-likeness (QED) is 0.877. The van der Waals surface area contributed by atoms with Gasteiger partial charge in [-0.3, -0.25) is 14.5 Å². The van der Waals surface area contributed by atoms with Crippen molar-refractivity contribution < 1.29 is 14.3 Å². The Balaban J connectivity index is 1.54. The molecule has 1 saturated heterocycles. The topological polar surface area (TPSA) is 58.6 Å². The van der Waals surface area contributed by atoms with Gasteiger partial charge < -0.3 is 10.1 Å². The molecule has 1 atom stereocenters. The third kappa shape index (κ3) is 3.64. The molecule has 5 nitrogen and oxygen atoms in total. The molecule has 1 aromatic heterocycles. The molecule has 1 aliphatic heterocycles. The number of benzene rings is 1. The summed E-state index contributed by atoms with van der Waals surface area (Å²) in [6.07, 6.45) is 4.79. The first-order chi connectivity index (χ1) is 13.2. The Morgan fingerprint density at radius 2 is 1.89 bits per heavy atom. The lowest BCUT2D eigenvalue weighted by molar-refractivity contribution is -0.127. The van der Waals surface area contributed by atoms with E-state index in [1.807, 2.05) is 47.8 Å². The Labute approximate surface area is 163 Å². The number of ether oxygens (including phenoxy) is 1. The van der Waals surface area contributed by atoms with Gasteiger partial charge in [-0.2, -0.15) is 0 Å². The van der Waals surface area contributed by atoms with Gasteiger partial charge in [0.2, 0.25) is 5.91 Å². The maximum absolute atomic E-state index is 13.2. The molecule has 4 rings (SSSR count). The summed E-state index contributed by atoms with van der Waals surface area (Å²) in [7, 11) is 0. The van der Waals surface area contributed by atoms with Crippen LogP contribution < -0.4 is 5.32 Å². The maximum atomic E-state index is 13.2. The summed E-state index contributed by atoms with van der Waals surface area (Å²) in [5.74, 6) is -0.240. The second kappa shape index (κ2) is 7.82. The SMILES string of the molecule is O=C(NCc1ccccc1)C1COC2(CCCCC2)N1C(=O)c1cccs1. The predicted molar refractivity (Wildman–Crippen MR) is 104 cm³/mol. The van der Waals surface area contributed by atoms with Gasteiger partial charge in [-0.25, -0.2) is 0 Å². The van der Waals surface area contributed by atoms with Crippen molar-refractivity contribution in [3.63, 3.8) is 0 Å². The van der Waals surface area contributed by atoms with E-state index >= 15 is 0 Å². The van der Waals surface area contributed by atoms with Crippen molar-refractivity contribution in [1.29, 1.82) is 0 Å². The molecular formula is C21H24N2O3S. The molecule has 1 aliphatic carbocycles. The highest BCUT2D eigenvalue weighted by Crippen LogP contribution is 2.41. The van der Waals surface area contributed by atoms with E-state index in [2.05, 4.69) is 5.32 Å². The van der Waals surface area contributed by atoms with Crippen LogP contribution in [0.25, 0.3) is 0 Å². The largest absolute Gasteiger partial charge is 0.353 e. The van der Waals surface area contributed by atoms with E-state index in [9.17, 15) is 9.59 Å². The summed E-state index contributed by atoms with van der Waals surface area (Å²) in [6.45, 7) is 0.710. The Hall–Kier alpha value is -2.18. The van der Waals surface area contributed by atoms with Gasteiger partial charge in [-0.05, 0) is 42.7 Å². The zero-order valence-corrected chi connectivity index (χ0v) is 16.0. The van der Waals surface area contributed by atoms with Gasteiger partial charge in [0.25, 0.3) is 5.91 Å². The van der Waals surface area contributed by atoms with Crippen LogP contribution in [-0.4, -0.2) is 35.1 Å². The first-order valence-electron chi connectivity index (χ1n) is 9.52. The van der Waals surface area contributed by atoms with E-state index in [0.717, 1.165) is 37.7 Å². The van der Waals surface area contributed by atoms with Gasteiger partial charge in [0.1, 0.15) is 11.8 Å². The second-order valence-electron chi connectivity index (χ2n) is 7.19. The lowest BCUT2D eigenvalue weighted by atomic mass is 9.90. The number of carbonyl (C=O) groups excluding carboxylic acids is 2. The second-order valence-corrected chi connectivity index (χ2v) is 8.14. The molecule has 2 fully saturated rings. The molecule has 2 aromatic rings. The van der Waals surface area contributed by atoms with Crippen LogP contribution in [0.4, 0.5) is 0 Å². The highest BCUT2D eigenvalue weighted by molar-refractivity contribution is 7.12. The number of hydrogen-bond acceptors (Lipinski definition) is 4. The average Bonchev–Trinajstić information content (AvgIpc) is 3.36. The van der Waals surface area contributed by atoms with Gasteiger partial charge >= 0.3 is 0 Å². The Morgan fingerprint density at radius 1 is 1.11 bits per heavy atom. The molecule has 2 aliphatic rings. The molecule has 2 amide bonds. The lowest BCUT2D eigenvalue weighted by Gasteiger charge is -2.41. The first kappa shape index (κ1) is 18.2. The van der Waals surface area contributed by atoms with E-state index < -0.39 is 11.8 Å². The molecule has 1 aromatic carbocycles. The normalized spacial score (nSPS) is 21.3. The number of nitrogens with zero attached hydrogens (tertiary/aromatic N) is 1. The Bertz CT molecular complexity index is 785. The Morgan fingerprint density at radius 3 is 2.59 bits per heavy atom. The minimum absolute atomic E-state index is 0.0933. The number of thiophene rings is 1. The molecule has 0 radical (unpaired) electrons. The van der Waals surface area contributed by atoms with Crippen molar-refractivity contribution in [1.82, 2.24) is 10.2 Å². The van der Waals surface area contributed by atoms with Crippen molar-refractivity contribution in [3.8, 4) is 0 Å². The van der Waals surface area contributed by atoms with Gasteiger partial charge in [0, 0.05) is 6.54 Å². The number of carbonyl (C=O) groups is 2. The molecule has 27 heavy (non-hydrogen) atoms. The molecule has 2 heterocycles. The summed E-state index contributed by atoms with van der Waals surface area (Å²) in [5.41, 5.74) is 0.405. The monoisotopic (exact) mass is 384 g/mol. The third-order valence-corrected chi connectivity index (χ3v) is 6.32. The van der Waals surface area contributed by atoms with Gasteiger partial charge in [-0.1, -0.05) is 42.8 Å². The van der Waals surface area contributed by atoms with E-state index in [1.54, 1.807) is 4.90 Å². The molecular weight excluding hydrogens is 360 g/mol. The third-order valence-electron chi connectivity index (χ3n) is 5.46. The maximum Gasteiger partial charge on any atom is 0.266 e. The van der Waals surface area contributed by atoms with E-state index in [4.69, 9.17) is 4.74 Å². The van der Waals surface area contributed by atoms with Crippen molar-refractivity contribution >= 4 is 23.2 Å². The standard InChI is InChI=1S/C21H24N2O3S/c24-19(22-14-16-8-3-1-4-9-16)17-15-26-21(11-5-2-6-12-21)23(17)20(25)18-10-7-13-27-18/h1,3-4,7-10,13,17H,2,5-6,11-12,14-15H2,(H,22,24). The van der Waals surface area contributed by atoms with Crippen LogP contribution in [0.3, 0.4) is 0 Å². The summed E-state index contributed by atoms with van der Waals surface area (Å²) in [6, 6.07) is 12.9. The number of hydrogen-bond donors (Lipinski definition) is 1. The molecule has 142 valence electrons. The van der Waals surface area contributed by atoms with Gasteiger partial charge in [0.15, 0.2) is 0 Å². The van der Waals surface area contributed by atoms with Crippen molar-refractivity contribution in [3.05, 3.63) is 58.3 Å². The molecule has 1 saturated carbocycles. The van der Waals surface area contributed by atoms with Crippen LogP contribution in [0.2, 0.25) is 0 Å². The highest BCUT2D eigenvalue weighted by Gasteiger charge is 2.53. The van der Waals surface area contributed by atoms with Crippen LogP contribution in [0.5, 0.6) is 0 Å². The zero-order valence-electron chi connectivity index (χ0n) is 15.2. The summed E-state index contributed by atoms with van der Waals surface area (Å²) in [4.78, 5) is 28.6. The fourth-order valence-corrected chi connectivity index (χ4v) is 4.75. The molecule has 1 N–H and O–H groups in total. The summed E-state index contributed by atoms with van der Waals surface area (Å²) in [5, 5.41) is 4.87. The van der Waals surface area contributed by atoms with Crippen molar-refractivity contribution in [2.75, 3.05) is 6.61 Å². The minimum Gasteiger partial charge on any atom is -0.353 e. The van der Waals surface area contributed by atoms with Gasteiger partial charge in [0.05, 0.1) is 11.5 Å². The van der Waals surface area contributed by atoms with Crippen LogP contribution in [0.1, 0.15) is 47.3 Å². The van der Waals surface area contributed by atoms with Gasteiger partial charge in [-0.15, -0.1) is 11.3 Å². The fraction of sp³-hybridized carbons (Fsp3) is 0.429. The summed E-state index contributed by atoms with van der Waals surface area (Å²) >= 11 is 1.41. The fourth-order valence-electron chi connectivity index (χ4n) is 4.09. The Kier molecular flexibility index (Phi) is 5.27. The first-order valence-corrected chi connectivity index (χ1v) is 10.4. The zero-order chi connectivity index (χ0) is 18.7. The lowest BCUT2D eigenvalue weighted by Crippen LogP contribution is -2.56. The van der Waals surface area contributed by atoms with E-state index in [1.165, 1.54) is 11.3 Å². The minimum atomic E-state index is -0.631. The molecule has 1 spiro atoms. The van der Waals surface area contributed by atoms with Crippen LogP contribution >= 0.6 is 11.3 Å². The predicted octanol–water partition coefficient (Wildman–Crippen LogP) is 3.57. The van der Waals surface area contributed by atoms with Crippen molar-refractivity contribution in [2.45, 2.75) is 50.4 Å².